The summed E-state index contributed by atoms with van der Waals surface area (Å²) in [4.78, 5) is 10.6. The van der Waals surface area contributed by atoms with E-state index in [0.29, 0.717) is 0 Å². The lowest BCUT2D eigenvalue weighted by Crippen LogP contribution is -2.17. The maximum absolute atomic E-state index is 10.6. The fraction of sp³-hybridized carbons (Fsp3) is 0.800. The van der Waals surface area contributed by atoms with Crippen LogP contribution in [0.4, 0.5) is 0 Å². The highest BCUT2D eigenvalue weighted by atomic mass is 16.5. The van der Waals surface area contributed by atoms with Crippen LogP contribution in [-0.4, -0.2) is 12.1 Å². The highest BCUT2D eigenvalue weighted by Crippen LogP contribution is 2.19. The molecule has 1 aliphatic rings. The second-order valence-electron chi connectivity index (χ2n) is 3.46. The molecule has 0 aromatic rings. The molecule has 0 N–H and O–H groups in total. The van der Waals surface area contributed by atoms with Gasteiger partial charge in [-0.1, -0.05) is 19.3 Å². The van der Waals surface area contributed by atoms with Crippen molar-refractivity contribution < 1.29 is 9.53 Å². The standard InChI is InChI=1S/C10H17O2/c1-9(11)12-10-7-5-3-2-4-6-8-10/h10H,1-8H2. The molecule has 1 fully saturated rings. The van der Waals surface area contributed by atoms with Crippen LogP contribution >= 0.6 is 0 Å². The van der Waals surface area contributed by atoms with E-state index >= 15 is 0 Å². The van der Waals surface area contributed by atoms with Crippen LogP contribution in [0.3, 0.4) is 0 Å². The maximum Gasteiger partial charge on any atom is 0.306 e. The van der Waals surface area contributed by atoms with Gasteiger partial charge >= 0.3 is 5.97 Å². The Bertz CT molecular complexity index is 135. The molecule has 1 rings (SSSR count). The zero-order chi connectivity index (χ0) is 8.81. The molecule has 0 amide bonds. The van der Waals surface area contributed by atoms with Gasteiger partial charge in [0.1, 0.15) is 6.10 Å². The van der Waals surface area contributed by atoms with Crippen molar-refractivity contribution in [3.8, 4) is 0 Å². The molecule has 0 heterocycles. The van der Waals surface area contributed by atoms with Gasteiger partial charge in [0.05, 0.1) is 6.92 Å². The Labute approximate surface area is 74.3 Å². The molecule has 0 aromatic heterocycles. The molecule has 1 saturated carbocycles. The molecular formula is C10H17O2. The number of rotatable bonds is 1. The quantitative estimate of drug-likeness (QED) is 0.564. The van der Waals surface area contributed by atoms with E-state index < -0.39 is 0 Å². The first-order valence-electron chi connectivity index (χ1n) is 4.81. The van der Waals surface area contributed by atoms with Crippen molar-refractivity contribution in [2.24, 2.45) is 0 Å². The minimum Gasteiger partial charge on any atom is -0.462 e. The minimum absolute atomic E-state index is 0.148. The van der Waals surface area contributed by atoms with Gasteiger partial charge in [0, 0.05) is 0 Å². The van der Waals surface area contributed by atoms with Crippen molar-refractivity contribution >= 4 is 5.97 Å². The van der Waals surface area contributed by atoms with E-state index in [1.54, 1.807) is 0 Å². The summed E-state index contributed by atoms with van der Waals surface area (Å²) in [6.45, 7) is 3.23. The number of carbonyl (C=O) groups is 1. The summed E-state index contributed by atoms with van der Waals surface area (Å²) in [5.74, 6) is -0.374. The minimum atomic E-state index is -0.374. The molecule has 0 unspecified atom stereocenters. The summed E-state index contributed by atoms with van der Waals surface area (Å²) >= 11 is 0. The molecule has 1 radical (unpaired) electrons. The molecule has 0 aliphatic heterocycles. The fourth-order valence-electron chi connectivity index (χ4n) is 1.72. The van der Waals surface area contributed by atoms with E-state index in [1.165, 1.54) is 32.1 Å². The zero-order valence-electron chi connectivity index (χ0n) is 7.55. The number of hydrogen-bond acceptors (Lipinski definition) is 2. The Balaban J connectivity index is 2.24. The van der Waals surface area contributed by atoms with Gasteiger partial charge in [-0.05, 0) is 25.7 Å². The molecule has 0 saturated heterocycles. The molecule has 0 atom stereocenters. The van der Waals surface area contributed by atoms with Crippen molar-refractivity contribution in [3.05, 3.63) is 6.92 Å². The zero-order valence-corrected chi connectivity index (χ0v) is 7.55. The van der Waals surface area contributed by atoms with Crippen molar-refractivity contribution in [2.45, 2.75) is 51.0 Å². The molecule has 2 nitrogen and oxygen atoms in total. The molecule has 69 valence electrons. The van der Waals surface area contributed by atoms with Gasteiger partial charge in [-0.3, -0.25) is 4.79 Å². The molecule has 0 aromatic carbocycles. The Morgan fingerprint density at radius 1 is 1.08 bits per heavy atom. The van der Waals surface area contributed by atoms with E-state index in [-0.39, 0.29) is 12.1 Å². The van der Waals surface area contributed by atoms with E-state index in [4.69, 9.17) is 4.74 Å². The summed E-state index contributed by atoms with van der Waals surface area (Å²) in [7, 11) is 0. The summed E-state index contributed by atoms with van der Waals surface area (Å²) in [6, 6.07) is 0. The van der Waals surface area contributed by atoms with Crippen LogP contribution in [0.15, 0.2) is 0 Å². The van der Waals surface area contributed by atoms with Crippen LogP contribution in [0.1, 0.15) is 44.9 Å². The maximum atomic E-state index is 10.6. The second kappa shape index (κ2) is 5.18. The van der Waals surface area contributed by atoms with Gasteiger partial charge in [0.2, 0.25) is 0 Å². The summed E-state index contributed by atoms with van der Waals surface area (Å²) < 4.78 is 5.08. The molecule has 2 heteroatoms. The van der Waals surface area contributed by atoms with Crippen LogP contribution in [0.25, 0.3) is 0 Å². The molecule has 0 bridgehead atoms. The molecular weight excluding hydrogens is 152 g/mol. The first-order valence-corrected chi connectivity index (χ1v) is 4.81. The fourth-order valence-corrected chi connectivity index (χ4v) is 1.72. The summed E-state index contributed by atoms with van der Waals surface area (Å²) in [5, 5.41) is 0. The van der Waals surface area contributed by atoms with Crippen LogP contribution in [0, 0.1) is 6.92 Å². The summed E-state index contributed by atoms with van der Waals surface area (Å²) in [6.07, 6.45) is 8.50. The van der Waals surface area contributed by atoms with E-state index in [9.17, 15) is 4.79 Å². The number of ether oxygens (including phenoxy) is 1. The topological polar surface area (TPSA) is 26.3 Å². The second-order valence-corrected chi connectivity index (χ2v) is 3.46. The van der Waals surface area contributed by atoms with Crippen molar-refractivity contribution in [1.29, 1.82) is 0 Å². The third-order valence-electron chi connectivity index (χ3n) is 2.35. The Morgan fingerprint density at radius 2 is 1.58 bits per heavy atom. The van der Waals surface area contributed by atoms with Crippen molar-refractivity contribution in [2.75, 3.05) is 0 Å². The van der Waals surface area contributed by atoms with Crippen LogP contribution in [-0.2, 0) is 9.53 Å². The molecule has 0 spiro atoms. The average Bonchev–Trinajstić information content (AvgIpc) is 1.93. The van der Waals surface area contributed by atoms with E-state index in [0.717, 1.165) is 12.8 Å². The summed E-state index contributed by atoms with van der Waals surface area (Å²) in [5.41, 5.74) is 0. The first kappa shape index (κ1) is 9.56. The average molecular weight is 169 g/mol. The van der Waals surface area contributed by atoms with Gasteiger partial charge in [0.15, 0.2) is 0 Å². The van der Waals surface area contributed by atoms with Gasteiger partial charge < -0.3 is 4.74 Å². The third-order valence-corrected chi connectivity index (χ3v) is 2.35. The highest BCUT2D eigenvalue weighted by Gasteiger charge is 2.13. The molecule has 1 aliphatic carbocycles. The van der Waals surface area contributed by atoms with Crippen LogP contribution in [0.5, 0.6) is 0 Å². The predicted octanol–water partition coefficient (Wildman–Crippen LogP) is 2.48. The van der Waals surface area contributed by atoms with E-state index in [2.05, 4.69) is 6.92 Å². The normalized spacial score (nSPS) is 21.1. The monoisotopic (exact) mass is 169 g/mol. The smallest absolute Gasteiger partial charge is 0.306 e. The lowest BCUT2D eigenvalue weighted by molar-refractivity contribution is -0.144. The lowest BCUT2D eigenvalue weighted by atomic mass is 9.99. The number of carbonyl (C=O) groups excluding carboxylic acids is 1. The van der Waals surface area contributed by atoms with Gasteiger partial charge in [-0.25, -0.2) is 0 Å². The SMILES string of the molecule is [CH2]C(=O)OC1CCCCCCC1. The van der Waals surface area contributed by atoms with Crippen molar-refractivity contribution in [3.63, 3.8) is 0 Å². The largest absolute Gasteiger partial charge is 0.462 e. The van der Waals surface area contributed by atoms with Crippen LogP contribution in [0.2, 0.25) is 0 Å². The third kappa shape index (κ3) is 3.74. The number of hydrogen-bond donors (Lipinski definition) is 0. The van der Waals surface area contributed by atoms with Gasteiger partial charge in [-0.15, -0.1) is 0 Å². The first-order chi connectivity index (χ1) is 5.79. The Hall–Kier alpha value is -0.530. The Morgan fingerprint density at radius 3 is 2.08 bits per heavy atom. The van der Waals surface area contributed by atoms with Gasteiger partial charge in [-0.2, -0.15) is 0 Å². The highest BCUT2D eigenvalue weighted by molar-refractivity contribution is 5.73. The van der Waals surface area contributed by atoms with Crippen LogP contribution < -0.4 is 0 Å². The Kier molecular flexibility index (Phi) is 4.12. The van der Waals surface area contributed by atoms with E-state index in [1.807, 2.05) is 0 Å². The number of esters is 1. The lowest BCUT2D eigenvalue weighted by Gasteiger charge is -2.18. The predicted molar refractivity (Wildman–Crippen MR) is 47.6 cm³/mol. The van der Waals surface area contributed by atoms with Gasteiger partial charge in [0.25, 0.3) is 0 Å². The molecule has 12 heavy (non-hydrogen) atoms. The van der Waals surface area contributed by atoms with Crippen molar-refractivity contribution in [1.82, 2.24) is 0 Å².